The molecule has 2 fully saturated rings. The molecule has 1 aromatic carbocycles. The number of nitrogens with one attached hydrogen (secondary N) is 1. The third kappa shape index (κ3) is 4.83. The predicted octanol–water partition coefficient (Wildman–Crippen LogP) is 2.09. The number of rotatable bonds is 5. The molecule has 7 heteroatoms. The Morgan fingerprint density at radius 2 is 2.00 bits per heavy atom. The van der Waals surface area contributed by atoms with E-state index in [9.17, 15) is 9.59 Å². The van der Waals surface area contributed by atoms with Crippen molar-refractivity contribution in [2.75, 3.05) is 58.3 Å². The Kier molecular flexibility index (Phi) is 6.91. The number of urea groups is 1. The maximum absolute atomic E-state index is 12.7. The maximum atomic E-state index is 12.7. The standard InChI is InChI=1S/C21H32N4O3/c1-16-5-6-18(17(2)15-16)22-21(27)25-9-4-8-23(11-12-25)19-7-10-24(20(19)26)13-14-28-3/h5-6,15,19H,4,7-14H2,1-3H3,(H,22,27)/t19-/m0/s1. The summed E-state index contributed by atoms with van der Waals surface area (Å²) in [7, 11) is 1.66. The van der Waals surface area contributed by atoms with Crippen LogP contribution in [0.5, 0.6) is 0 Å². The summed E-state index contributed by atoms with van der Waals surface area (Å²) in [5, 5.41) is 3.04. The molecule has 2 heterocycles. The molecular weight excluding hydrogens is 356 g/mol. The van der Waals surface area contributed by atoms with Crippen molar-refractivity contribution < 1.29 is 14.3 Å². The highest BCUT2D eigenvalue weighted by atomic mass is 16.5. The van der Waals surface area contributed by atoms with Crippen LogP contribution in [0.4, 0.5) is 10.5 Å². The van der Waals surface area contributed by atoms with Gasteiger partial charge >= 0.3 is 6.03 Å². The molecule has 0 aromatic heterocycles. The number of anilines is 1. The molecule has 0 spiro atoms. The lowest BCUT2D eigenvalue weighted by Crippen LogP contribution is -2.44. The van der Waals surface area contributed by atoms with Gasteiger partial charge in [0.15, 0.2) is 0 Å². The molecular formula is C21H32N4O3. The van der Waals surface area contributed by atoms with Gasteiger partial charge in [-0.2, -0.15) is 0 Å². The third-order valence-electron chi connectivity index (χ3n) is 5.72. The Bertz CT molecular complexity index is 709. The van der Waals surface area contributed by atoms with E-state index in [0.717, 1.165) is 43.7 Å². The number of nitrogens with zero attached hydrogens (tertiary/aromatic N) is 3. The molecule has 2 aliphatic heterocycles. The van der Waals surface area contributed by atoms with Crippen LogP contribution in [0.15, 0.2) is 18.2 Å². The number of carbonyl (C=O) groups excluding carboxylic acids is 2. The molecule has 0 saturated carbocycles. The summed E-state index contributed by atoms with van der Waals surface area (Å²) < 4.78 is 5.10. The second-order valence-corrected chi connectivity index (χ2v) is 7.75. The van der Waals surface area contributed by atoms with Gasteiger partial charge in [-0.15, -0.1) is 0 Å². The van der Waals surface area contributed by atoms with E-state index in [1.54, 1.807) is 7.11 Å². The van der Waals surface area contributed by atoms with Crippen LogP contribution in [0.3, 0.4) is 0 Å². The fourth-order valence-corrected chi connectivity index (χ4v) is 4.09. The van der Waals surface area contributed by atoms with Crippen molar-refractivity contribution in [1.82, 2.24) is 14.7 Å². The molecule has 1 atom stereocenters. The summed E-state index contributed by atoms with van der Waals surface area (Å²) in [6, 6.07) is 5.92. The minimum Gasteiger partial charge on any atom is -0.383 e. The molecule has 0 aliphatic carbocycles. The Hall–Kier alpha value is -2.12. The molecule has 3 rings (SSSR count). The monoisotopic (exact) mass is 388 g/mol. The molecule has 1 N–H and O–H groups in total. The van der Waals surface area contributed by atoms with Crippen molar-refractivity contribution in [2.24, 2.45) is 0 Å². The number of methoxy groups -OCH3 is 1. The van der Waals surface area contributed by atoms with Gasteiger partial charge in [-0.25, -0.2) is 4.79 Å². The van der Waals surface area contributed by atoms with E-state index in [2.05, 4.69) is 16.3 Å². The summed E-state index contributed by atoms with van der Waals surface area (Å²) in [4.78, 5) is 31.4. The molecule has 2 aliphatic rings. The minimum absolute atomic E-state index is 0.0563. The lowest BCUT2D eigenvalue weighted by atomic mass is 10.1. The first-order valence-electron chi connectivity index (χ1n) is 10.1. The fraction of sp³-hybridized carbons (Fsp3) is 0.619. The number of hydrogen-bond donors (Lipinski definition) is 1. The van der Waals surface area contributed by atoms with Crippen LogP contribution < -0.4 is 5.32 Å². The molecule has 0 bridgehead atoms. The van der Waals surface area contributed by atoms with Crippen molar-refractivity contribution >= 4 is 17.6 Å². The topological polar surface area (TPSA) is 65.1 Å². The number of likely N-dealkylation sites (tertiary alicyclic amines) is 1. The van der Waals surface area contributed by atoms with Crippen LogP contribution in [-0.4, -0.2) is 85.7 Å². The first-order chi connectivity index (χ1) is 13.5. The van der Waals surface area contributed by atoms with Crippen LogP contribution in [0.2, 0.25) is 0 Å². The summed E-state index contributed by atoms with van der Waals surface area (Å²) in [5.41, 5.74) is 3.11. The van der Waals surface area contributed by atoms with Gasteiger partial charge < -0.3 is 19.9 Å². The summed E-state index contributed by atoms with van der Waals surface area (Å²) in [5.74, 6) is 0.199. The van der Waals surface area contributed by atoms with Crippen LogP contribution in [-0.2, 0) is 9.53 Å². The average Bonchev–Trinajstić information content (AvgIpc) is 2.88. The number of aryl methyl sites for hydroxylation is 2. The summed E-state index contributed by atoms with van der Waals surface area (Å²) >= 11 is 0. The Morgan fingerprint density at radius 1 is 1.18 bits per heavy atom. The van der Waals surface area contributed by atoms with Gasteiger partial charge in [-0.1, -0.05) is 17.7 Å². The van der Waals surface area contributed by atoms with Crippen LogP contribution >= 0.6 is 0 Å². The zero-order valence-corrected chi connectivity index (χ0v) is 17.2. The first-order valence-corrected chi connectivity index (χ1v) is 10.1. The normalized spacial score (nSPS) is 21.1. The molecule has 154 valence electrons. The molecule has 28 heavy (non-hydrogen) atoms. The Morgan fingerprint density at radius 3 is 2.75 bits per heavy atom. The van der Waals surface area contributed by atoms with E-state index in [1.165, 1.54) is 5.56 Å². The third-order valence-corrected chi connectivity index (χ3v) is 5.72. The quantitative estimate of drug-likeness (QED) is 0.839. The van der Waals surface area contributed by atoms with Crippen LogP contribution in [0, 0.1) is 13.8 Å². The molecule has 0 unspecified atom stereocenters. The predicted molar refractivity (Wildman–Crippen MR) is 110 cm³/mol. The lowest BCUT2D eigenvalue weighted by molar-refractivity contribution is -0.132. The fourth-order valence-electron chi connectivity index (χ4n) is 4.09. The maximum Gasteiger partial charge on any atom is 0.321 e. The van der Waals surface area contributed by atoms with Gasteiger partial charge in [0.1, 0.15) is 0 Å². The molecule has 1 aromatic rings. The number of benzene rings is 1. The largest absolute Gasteiger partial charge is 0.383 e. The summed E-state index contributed by atoms with van der Waals surface area (Å²) in [6.45, 7) is 9.00. The Balaban J connectivity index is 1.54. The van der Waals surface area contributed by atoms with Crippen molar-refractivity contribution in [2.45, 2.75) is 32.7 Å². The van der Waals surface area contributed by atoms with Gasteiger partial charge in [-0.05, 0) is 38.3 Å². The van der Waals surface area contributed by atoms with Crippen molar-refractivity contribution in [3.63, 3.8) is 0 Å². The van der Waals surface area contributed by atoms with Crippen LogP contribution in [0.25, 0.3) is 0 Å². The van der Waals surface area contributed by atoms with Crippen molar-refractivity contribution in [3.05, 3.63) is 29.3 Å². The van der Waals surface area contributed by atoms with Crippen molar-refractivity contribution in [3.8, 4) is 0 Å². The molecule has 2 saturated heterocycles. The summed E-state index contributed by atoms with van der Waals surface area (Å²) in [6.07, 6.45) is 1.74. The second-order valence-electron chi connectivity index (χ2n) is 7.75. The van der Waals surface area contributed by atoms with E-state index < -0.39 is 0 Å². The van der Waals surface area contributed by atoms with Gasteiger partial charge in [0.25, 0.3) is 0 Å². The highest BCUT2D eigenvalue weighted by Crippen LogP contribution is 2.20. The van der Waals surface area contributed by atoms with Gasteiger partial charge in [0.05, 0.1) is 12.6 Å². The smallest absolute Gasteiger partial charge is 0.321 e. The zero-order valence-electron chi connectivity index (χ0n) is 17.2. The minimum atomic E-state index is -0.0618. The van der Waals surface area contributed by atoms with Gasteiger partial charge in [0, 0.05) is 52.1 Å². The van der Waals surface area contributed by atoms with E-state index in [-0.39, 0.29) is 18.0 Å². The number of ether oxygens (including phenoxy) is 1. The number of hydrogen-bond acceptors (Lipinski definition) is 4. The second kappa shape index (κ2) is 9.39. The zero-order chi connectivity index (χ0) is 20.1. The SMILES string of the molecule is COCCN1CC[C@H](N2CCCN(C(=O)Nc3ccc(C)cc3C)CC2)C1=O. The average molecular weight is 389 g/mol. The van der Waals surface area contributed by atoms with E-state index in [0.29, 0.717) is 26.2 Å². The van der Waals surface area contributed by atoms with Gasteiger partial charge in [-0.3, -0.25) is 9.69 Å². The molecule has 0 radical (unpaired) electrons. The van der Waals surface area contributed by atoms with Crippen molar-refractivity contribution in [1.29, 1.82) is 0 Å². The Labute approximate surface area is 167 Å². The lowest BCUT2D eigenvalue weighted by Gasteiger charge is -2.26. The highest BCUT2D eigenvalue weighted by Gasteiger charge is 2.36. The van der Waals surface area contributed by atoms with E-state index in [1.807, 2.05) is 35.8 Å². The molecule has 7 nitrogen and oxygen atoms in total. The molecule has 3 amide bonds. The van der Waals surface area contributed by atoms with Crippen LogP contribution in [0.1, 0.15) is 24.0 Å². The highest BCUT2D eigenvalue weighted by molar-refractivity contribution is 5.90. The number of amides is 3. The van der Waals surface area contributed by atoms with Gasteiger partial charge in [0.2, 0.25) is 5.91 Å². The van der Waals surface area contributed by atoms with E-state index >= 15 is 0 Å². The number of carbonyl (C=O) groups is 2. The first kappa shape index (κ1) is 20.6. The van der Waals surface area contributed by atoms with E-state index in [4.69, 9.17) is 4.74 Å².